The largest absolute Gasteiger partial charge is 0.398 e. The second-order valence-corrected chi connectivity index (χ2v) is 3.87. The molecule has 0 aromatic heterocycles. The summed E-state index contributed by atoms with van der Waals surface area (Å²) in [6.45, 7) is 0.733. The van der Waals surface area contributed by atoms with Crippen LogP contribution < -0.4 is 10.6 Å². The SMILES string of the molecule is C#CCC(=O)N1CCCc2c(N)cccc21. The zero-order chi connectivity index (χ0) is 11.5. The van der Waals surface area contributed by atoms with Crippen molar-refractivity contribution in [2.45, 2.75) is 19.3 Å². The minimum absolute atomic E-state index is 0.0194. The summed E-state index contributed by atoms with van der Waals surface area (Å²) in [6.07, 6.45) is 7.19. The number of hydrogen-bond donors (Lipinski definition) is 1. The molecule has 0 saturated heterocycles. The minimum atomic E-state index is -0.0194. The quantitative estimate of drug-likeness (QED) is 0.569. The fourth-order valence-corrected chi connectivity index (χ4v) is 2.09. The van der Waals surface area contributed by atoms with Gasteiger partial charge in [0, 0.05) is 17.9 Å². The molecule has 1 aromatic carbocycles. The van der Waals surface area contributed by atoms with Gasteiger partial charge in [-0.1, -0.05) is 12.0 Å². The van der Waals surface area contributed by atoms with E-state index in [-0.39, 0.29) is 12.3 Å². The van der Waals surface area contributed by atoms with Crippen molar-refractivity contribution in [3.63, 3.8) is 0 Å². The number of nitrogens with zero attached hydrogens (tertiary/aromatic N) is 1. The van der Waals surface area contributed by atoms with Crippen LogP contribution in [-0.2, 0) is 11.2 Å². The van der Waals surface area contributed by atoms with Crippen molar-refractivity contribution in [2.24, 2.45) is 0 Å². The third-order valence-electron chi connectivity index (χ3n) is 2.84. The number of nitrogens with two attached hydrogens (primary N) is 1. The van der Waals surface area contributed by atoms with E-state index in [1.165, 1.54) is 0 Å². The van der Waals surface area contributed by atoms with E-state index >= 15 is 0 Å². The van der Waals surface area contributed by atoms with Gasteiger partial charge in [0.2, 0.25) is 5.91 Å². The number of fused-ring (bicyclic) bond motifs is 1. The van der Waals surface area contributed by atoms with Gasteiger partial charge in [0.15, 0.2) is 0 Å². The number of hydrogen-bond acceptors (Lipinski definition) is 2. The van der Waals surface area contributed by atoms with Crippen molar-refractivity contribution in [1.82, 2.24) is 0 Å². The van der Waals surface area contributed by atoms with Crippen molar-refractivity contribution in [3.05, 3.63) is 23.8 Å². The predicted molar refractivity (Wildman–Crippen MR) is 65.0 cm³/mol. The fraction of sp³-hybridized carbons (Fsp3) is 0.308. The van der Waals surface area contributed by atoms with E-state index in [1.54, 1.807) is 4.90 Å². The fourth-order valence-electron chi connectivity index (χ4n) is 2.09. The molecule has 82 valence electrons. The molecule has 0 atom stereocenters. The molecule has 3 heteroatoms. The van der Waals surface area contributed by atoms with Gasteiger partial charge in [-0.25, -0.2) is 0 Å². The number of amides is 1. The highest BCUT2D eigenvalue weighted by atomic mass is 16.2. The van der Waals surface area contributed by atoms with Crippen molar-refractivity contribution >= 4 is 17.3 Å². The normalized spacial score (nSPS) is 14.1. The van der Waals surface area contributed by atoms with Crippen molar-refractivity contribution < 1.29 is 4.79 Å². The molecule has 1 heterocycles. The van der Waals surface area contributed by atoms with Crippen LogP contribution in [0.15, 0.2) is 18.2 Å². The number of rotatable bonds is 1. The van der Waals surface area contributed by atoms with Crippen LogP contribution in [0.1, 0.15) is 18.4 Å². The molecule has 0 spiro atoms. The Bertz CT molecular complexity index is 459. The van der Waals surface area contributed by atoms with Gasteiger partial charge in [-0.2, -0.15) is 0 Å². The van der Waals surface area contributed by atoms with Gasteiger partial charge in [-0.3, -0.25) is 4.79 Å². The molecule has 0 bridgehead atoms. The molecular formula is C13H14N2O. The molecule has 1 amide bonds. The number of anilines is 2. The summed E-state index contributed by atoms with van der Waals surface area (Å²) in [5.74, 6) is 2.37. The summed E-state index contributed by atoms with van der Waals surface area (Å²) in [7, 11) is 0. The van der Waals surface area contributed by atoms with Crippen LogP contribution in [0.25, 0.3) is 0 Å². The summed E-state index contributed by atoms with van der Waals surface area (Å²) in [5, 5.41) is 0. The average molecular weight is 214 g/mol. The number of benzene rings is 1. The van der Waals surface area contributed by atoms with Crippen LogP contribution in [-0.4, -0.2) is 12.5 Å². The molecule has 0 unspecified atom stereocenters. The van der Waals surface area contributed by atoms with Gasteiger partial charge in [0.1, 0.15) is 0 Å². The number of terminal acetylenes is 1. The molecule has 0 saturated carbocycles. The zero-order valence-corrected chi connectivity index (χ0v) is 9.07. The van der Waals surface area contributed by atoms with Gasteiger partial charge >= 0.3 is 0 Å². The lowest BCUT2D eigenvalue weighted by atomic mass is 9.99. The monoisotopic (exact) mass is 214 g/mol. The lowest BCUT2D eigenvalue weighted by molar-refractivity contribution is -0.117. The third kappa shape index (κ3) is 1.74. The molecule has 1 aliphatic rings. The first-order valence-corrected chi connectivity index (χ1v) is 5.35. The van der Waals surface area contributed by atoms with Gasteiger partial charge < -0.3 is 10.6 Å². The van der Waals surface area contributed by atoms with E-state index in [4.69, 9.17) is 12.2 Å². The van der Waals surface area contributed by atoms with E-state index in [9.17, 15) is 4.79 Å². The van der Waals surface area contributed by atoms with E-state index in [2.05, 4.69) is 5.92 Å². The minimum Gasteiger partial charge on any atom is -0.398 e. The van der Waals surface area contributed by atoms with E-state index in [0.29, 0.717) is 0 Å². The Labute approximate surface area is 95.2 Å². The van der Waals surface area contributed by atoms with Crippen LogP contribution >= 0.6 is 0 Å². The van der Waals surface area contributed by atoms with E-state index in [1.807, 2.05) is 18.2 Å². The smallest absolute Gasteiger partial charge is 0.239 e. The van der Waals surface area contributed by atoms with Crippen LogP contribution in [0.3, 0.4) is 0 Å². The molecule has 0 fully saturated rings. The molecule has 2 rings (SSSR count). The first-order valence-electron chi connectivity index (χ1n) is 5.35. The highest BCUT2D eigenvalue weighted by Crippen LogP contribution is 2.31. The second-order valence-electron chi connectivity index (χ2n) is 3.87. The second kappa shape index (κ2) is 4.28. The number of carbonyl (C=O) groups is 1. The maximum atomic E-state index is 11.8. The van der Waals surface area contributed by atoms with Gasteiger partial charge in [0.25, 0.3) is 0 Å². The molecule has 1 aromatic rings. The highest BCUT2D eigenvalue weighted by Gasteiger charge is 2.22. The van der Waals surface area contributed by atoms with Crippen molar-refractivity contribution in [3.8, 4) is 12.3 Å². The Balaban J connectivity index is 2.37. The summed E-state index contributed by atoms with van der Waals surface area (Å²) < 4.78 is 0. The van der Waals surface area contributed by atoms with Crippen molar-refractivity contribution in [1.29, 1.82) is 0 Å². The average Bonchev–Trinajstić information content (AvgIpc) is 2.29. The van der Waals surface area contributed by atoms with Gasteiger partial charge in [0.05, 0.1) is 6.42 Å². The maximum Gasteiger partial charge on any atom is 0.239 e. The Hall–Kier alpha value is -1.95. The number of carbonyl (C=O) groups excluding carboxylic acids is 1. The topological polar surface area (TPSA) is 46.3 Å². The van der Waals surface area contributed by atoms with Gasteiger partial charge in [-0.05, 0) is 30.5 Å². The van der Waals surface area contributed by atoms with E-state index < -0.39 is 0 Å². The zero-order valence-electron chi connectivity index (χ0n) is 9.07. The molecule has 1 aliphatic heterocycles. The lowest BCUT2D eigenvalue weighted by Gasteiger charge is -2.29. The predicted octanol–water partition coefficient (Wildman–Crippen LogP) is 1.57. The summed E-state index contributed by atoms with van der Waals surface area (Å²) in [6, 6.07) is 5.67. The van der Waals surface area contributed by atoms with Crippen LogP contribution in [0.4, 0.5) is 11.4 Å². The van der Waals surface area contributed by atoms with Crippen LogP contribution in [0.5, 0.6) is 0 Å². The van der Waals surface area contributed by atoms with Crippen LogP contribution in [0, 0.1) is 12.3 Å². The maximum absolute atomic E-state index is 11.8. The van der Waals surface area contributed by atoms with Gasteiger partial charge in [-0.15, -0.1) is 6.42 Å². The van der Waals surface area contributed by atoms with Crippen molar-refractivity contribution in [2.75, 3.05) is 17.2 Å². The van der Waals surface area contributed by atoms with Crippen LogP contribution in [0.2, 0.25) is 0 Å². The Morgan fingerprint density at radius 3 is 3.12 bits per heavy atom. The summed E-state index contributed by atoms with van der Waals surface area (Å²) >= 11 is 0. The van der Waals surface area contributed by atoms with E-state index in [0.717, 1.165) is 36.3 Å². The molecule has 3 nitrogen and oxygen atoms in total. The molecule has 16 heavy (non-hydrogen) atoms. The standard InChI is InChI=1S/C13H14N2O/c1-2-5-13(16)15-9-4-6-10-11(14)7-3-8-12(10)15/h1,3,7-8H,4-6,9,14H2. The lowest BCUT2D eigenvalue weighted by Crippen LogP contribution is -2.35. The molecule has 0 radical (unpaired) electrons. The highest BCUT2D eigenvalue weighted by molar-refractivity contribution is 5.96. The molecule has 0 aliphatic carbocycles. The number of nitrogen functional groups attached to an aromatic ring is 1. The summed E-state index contributed by atoms with van der Waals surface area (Å²) in [4.78, 5) is 13.6. The molecule has 2 N–H and O–H groups in total. The third-order valence-corrected chi connectivity index (χ3v) is 2.84. The molecular weight excluding hydrogens is 200 g/mol. The first-order chi connectivity index (χ1) is 7.74. The Morgan fingerprint density at radius 1 is 1.56 bits per heavy atom. The summed E-state index contributed by atoms with van der Waals surface area (Å²) in [5.41, 5.74) is 8.65. The first kappa shape index (κ1) is 10.6. The Morgan fingerprint density at radius 2 is 2.38 bits per heavy atom. The Kier molecular flexibility index (Phi) is 2.82.